The maximum absolute atomic E-state index is 7.40. The number of fused-ring (bicyclic) bond motifs is 8. The maximum atomic E-state index is 7.40. The number of anilines is 3. The molecule has 0 aliphatic carbocycles. The number of nitrogens with zero attached hydrogens (tertiary/aromatic N) is 1. The first-order valence-electron chi connectivity index (χ1n) is 20.7. The van der Waals surface area contributed by atoms with Crippen LogP contribution >= 0.6 is 0 Å². The molecule has 2 aliphatic rings. The number of hydrogen-bond donors (Lipinski definition) is 0. The van der Waals surface area contributed by atoms with Crippen LogP contribution in [-0.2, 0) is 5.41 Å². The van der Waals surface area contributed by atoms with Crippen LogP contribution in [0, 0.1) is 20.8 Å². The molecule has 1 aromatic heterocycles. The quantitative estimate of drug-likeness (QED) is 0.167. The molecule has 8 aromatic carbocycles. The van der Waals surface area contributed by atoms with Crippen LogP contribution in [0.4, 0.5) is 17.1 Å². The number of furan rings is 1. The Kier molecular flexibility index (Phi) is 7.87. The number of rotatable bonds is 4. The van der Waals surface area contributed by atoms with Crippen molar-refractivity contribution < 1.29 is 9.07 Å². The summed E-state index contributed by atoms with van der Waals surface area (Å²) in [7, 11) is 0. The van der Waals surface area contributed by atoms with E-state index in [0.717, 1.165) is 77.9 Å². The van der Waals surface area contributed by atoms with Crippen molar-refractivity contribution in [2.45, 2.75) is 47.0 Å². The molecule has 11 rings (SSSR count). The molecular formula is C55H44BNO2. The first-order chi connectivity index (χ1) is 28.6. The van der Waals surface area contributed by atoms with Crippen molar-refractivity contribution in [3.8, 4) is 50.3 Å². The third kappa shape index (κ3) is 5.65. The summed E-state index contributed by atoms with van der Waals surface area (Å²) in [5, 5.41) is 2.24. The van der Waals surface area contributed by atoms with Crippen molar-refractivity contribution in [3.63, 3.8) is 0 Å². The van der Waals surface area contributed by atoms with Gasteiger partial charge in [0, 0.05) is 44.4 Å². The zero-order valence-corrected chi connectivity index (χ0v) is 34.4. The molecule has 3 nitrogen and oxygen atoms in total. The minimum absolute atomic E-state index is 0.0175. The van der Waals surface area contributed by atoms with Crippen molar-refractivity contribution in [3.05, 3.63) is 180 Å². The molecular weight excluding hydrogens is 717 g/mol. The van der Waals surface area contributed by atoms with Gasteiger partial charge < -0.3 is 14.0 Å². The second-order valence-electron chi connectivity index (χ2n) is 17.5. The first-order valence-corrected chi connectivity index (χ1v) is 20.7. The largest absolute Gasteiger partial charge is 0.551 e. The number of benzene rings is 8. The van der Waals surface area contributed by atoms with E-state index in [1.165, 1.54) is 44.5 Å². The van der Waals surface area contributed by atoms with Gasteiger partial charge in [0.25, 0.3) is 0 Å². The molecule has 0 spiro atoms. The van der Waals surface area contributed by atoms with E-state index in [2.05, 4.69) is 204 Å². The SMILES string of the molecule is Cc1cc(C)c(-c2ccc3c(c2)OB2c4cc(-c5ccccc5)ccc4N(c4ccc(-c5ccccc5)cc4)c4cc5c(oc6ccc(C(C)(C)C)cc65)c-3c42)c(C)c1. The van der Waals surface area contributed by atoms with Gasteiger partial charge in [0.05, 0.1) is 0 Å². The third-order valence-electron chi connectivity index (χ3n) is 12.5. The molecule has 0 bridgehead atoms. The van der Waals surface area contributed by atoms with Gasteiger partial charge >= 0.3 is 6.92 Å². The summed E-state index contributed by atoms with van der Waals surface area (Å²) in [5.74, 6) is 0.866. The Bertz CT molecular complexity index is 3110. The standard InChI is InChI=1S/C55H44BNO2/c1-33-27-34(2)51(35(3)28-33)40-19-24-43-50(30-40)59-56-46-29-39(37-15-11-8-12-16-37)20-25-47(46)57(42-22-17-38(18-23-42)36-13-9-7-10-14-36)48-32-45-44-31-41(55(4,5)6)21-26-49(44)58-54(45)52(43)53(48)56/h7-32H,1-6H3. The topological polar surface area (TPSA) is 25.6 Å². The Hall–Kier alpha value is -6.78. The molecule has 0 atom stereocenters. The van der Waals surface area contributed by atoms with Gasteiger partial charge in [-0.15, -0.1) is 0 Å². The van der Waals surface area contributed by atoms with Gasteiger partial charge in [0.15, 0.2) is 0 Å². The summed E-state index contributed by atoms with van der Waals surface area (Å²) in [4.78, 5) is 2.45. The molecule has 4 heteroatoms. The highest BCUT2D eigenvalue weighted by molar-refractivity contribution is 6.86. The van der Waals surface area contributed by atoms with Crippen LogP contribution in [-0.4, -0.2) is 6.92 Å². The van der Waals surface area contributed by atoms with Crippen LogP contribution in [0.2, 0.25) is 0 Å². The van der Waals surface area contributed by atoms with Gasteiger partial charge in [-0.1, -0.05) is 136 Å². The molecule has 0 fully saturated rings. The molecule has 0 unspecified atom stereocenters. The average molecular weight is 762 g/mol. The molecule has 9 aromatic rings. The monoisotopic (exact) mass is 761 g/mol. The first kappa shape index (κ1) is 35.4. The van der Waals surface area contributed by atoms with Gasteiger partial charge in [-0.25, -0.2) is 0 Å². The van der Waals surface area contributed by atoms with Crippen LogP contribution in [0.3, 0.4) is 0 Å². The molecule has 3 heterocycles. The lowest BCUT2D eigenvalue weighted by atomic mass is 9.49. The van der Waals surface area contributed by atoms with Crippen LogP contribution in [0.15, 0.2) is 162 Å². The Morgan fingerprint density at radius 2 is 1.17 bits per heavy atom. The zero-order chi connectivity index (χ0) is 40.2. The fourth-order valence-corrected chi connectivity index (χ4v) is 9.74. The molecule has 59 heavy (non-hydrogen) atoms. The summed E-state index contributed by atoms with van der Waals surface area (Å²) in [6.45, 7) is 13.0. The van der Waals surface area contributed by atoms with Crippen molar-refractivity contribution in [2.24, 2.45) is 0 Å². The van der Waals surface area contributed by atoms with Crippen LogP contribution in [0.25, 0.3) is 66.4 Å². The van der Waals surface area contributed by atoms with E-state index >= 15 is 0 Å². The molecule has 0 amide bonds. The molecule has 0 N–H and O–H groups in total. The Labute approximate surface area is 346 Å². The minimum Gasteiger partial charge on any atom is -0.551 e. The Morgan fingerprint density at radius 3 is 1.86 bits per heavy atom. The summed E-state index contributed by atoms with van der Waals surface area (Å²) in [6, 6.07) is 57.6. The van der Waals surface area contributed by atoms with Crippen molar-refractivity contribution in [2.75, 3.05) is 4.90 Å². The fraction of sp³-hybridized carbons (Fsp3) is 0.127. The van der Waals surface area contributed by atoms with E-state index in [9.17, 15) is 0 Å². The second-order valence-corrected chi connectivity index (χ2v) is 17.5. The number of aryl methyl sites for hydroxylation is 3. The number of hydrogen-bond acceptors (Lipinski definition) is 3. The third-order valence-corrected chi connectivity index (χ3v) is 12.5. The predicted octanol–water partition coefficient (Wildman–Crippen LogP) is 13.8. The summed E-state index contributed by atoms with van der Waals surface area (Å²) >= 11 is 0. The van der Waals surface area contributed by atoms with Gasteiger partial charge in [-0.3, -0.25) is 0 Å². The van der Waals surface area contributed by atoms with Crippen LogP contribution < -0.4 is 20.5 Å². The summed E-state index contributed by atoms with van der Waals surface area (Å²) < 4.78 is 14.4. The normalized spacial score (nSPS) is 13.0. The lowest BCUT2D eigenvalue weighted by molar-refractivity contribution is 0.588. The highest BCUT2D eigenvalue weighted by Gasteiger charge is 2.44. The van der Waals surface area contributed by atoms with Gasteiger partial charge in [0.1, 0.15) is 16.9 Å². The van der Waals surface area contributed by atoms with E-state index in [1.54, 1.807) is 0 Å². The zero-order valence-electron chi connectivity index (χ0n) is 34.4. The highest BCUT2D eigenvalue weighted by atomic mass is 16.4. The average Bonchev–Trinajstić information content (AvgIpc) is 3.61. The molecule has 2 aliphatic heterocycles. The maximum Gasteiger partial charge on any atom is 0.431 e. The van der Waals surface area contributed by atoms with E-state index in [-0.39, 0.29) is 12.3 Å². The van der Waals surface area contributed by atoms with Crippen LogP contribution in [0.5, 0.6) is 5.75 Å². The van der Waals surface area contributed by atoms with Crippen molar-refractivity contribution in [1.82, 2.24) is 0 Å². The predicted molar refractivity (Wildman–Crippen MR) is 249 cm³/mol. The van der Waals surface area contributed by atoms with E-state index in [1.807, 2.05) is 0 Å². The Morgan fingerprint density at radius 1 is 0.525 bits per heavy atom. The van der Waals surface area contributed by atoms with Crippen molar-refractivity contribution in [1.29, 1.82) is 0 Å². The van der Waals surface area contributed by atoms with Gasteiger partial charge in [-0.2, -0.15) is 0 Å². The molecule has 0 saturated carbocycles. The van der Waals surface area contributed by atoms with E-state index < -0.39 is 0 Å². The molecule has 0 saturated heterocycles. The fourth-order valence-electron chi connectivity index (χ4n) is 9.74. The molecule has 284 valence electrons. The van der Waals surface area contributed by atoms with Gasteiger partial charge in [0.2, 0.25) is 0 Å². The molecule has 0 radical (unpaired) electrons. The lowest BCUT2D eigenvalue weighted by Crippen LogP contribution is -2.56. The summed E-state index contributed by atoms with van der Waals surface area (Å²) in [5.41, 5.74) is 21.7. The summed E-state index contributed by atoms with van der Waals surface area (Å²) in [6.07, 6.45) is 0. The van der Waals surface area contributed by atoms with Gasteiger partial charge in [-0.05, 0) is 130 Å². The minimum atomic E-state index is -0.371. The van der Waals surface area contributed by atoms with E-state index in [0.29, 0.717) is 0 Å². The highest BCUT2D eigenvalue weighted by Crippen LogP contribution is 2.50. The Balaban J connectivity index is 1.22. The van der Waals surface area contributed by atoms with Crippen LogP contribution in [0.1, 0.15) is 43.0 Å². The smallest absolute Gasteiger partial charge is 0.431 e. The lowest BCUT2D eigenvalue weighted by Gasteiger charge is -2.40. The van der Waals surface area contributed by atoms with Crippen molar-refractivity contribution >= 4 is 56.8 Å². The van der Waals surface area contributed by atoms with E-state index in [4.69, 9.17) is 9.07 Å². The second kappa shape index (κ2) is 13.1.